The summed E-state index contributed by atoms with van der Waals surface area (Å²) in [4.78, 5) is 19.2. The standard InChI is InChI=1S/C16H17N5OS2/c1-20(10-13-4-3-9-23-13)14(22)11-24-16-19-18-15(21(16)2)12-5-7-17-8-6-12/h3-9H,10-11H2,1-2H3. The van der Waals surface area contributed by atoms with Crippen LogP contribution in [0.1, 0.15) is 4.88 Å². The molecule has 0 N–H and O–H groups in total. The highest BCUT2D eigenvalue weighted by molar-refractivity contribution is 7.99. The summed E-state index contributed by atoms with van der Waals surface area (Å²) in [5, 5.41) is 11.1. The minimum absolute atomic E-state index is 0.0712. The molecule has 0 atom stereocenters. The van der Waals surface area contributed by atoms with E-state index in [-0.39, 0.29) is 5.91 Å². The Morgan fingerprint density at radius 1 is 1.29 bits per heavy atom. The summed E-state index contributed by atoms with van der Waals surface area (Å²) in [5.41, 5.74) is 0.952. The number of thiophene rings is 1. The van der Waals surface area contributed by atoms with Gasteiger partial charge in [0.1, 0.15) is 0 Å². The lowest BCUT2D eigenvalue weighted by atomic mass is 10.2. The van der Waals surface area contributed by atoms with Crippen molar-refractivity contribution in [3.8, 4) is 11.4 Å². The van der Waals surface area contributed by atoms with E-state index in [1.807, 2.05) is 48.3 Å². The second-order valence-electron chi connectivity index (χ2n) is 5.22. The molecule has 0 fully saturated rings. The number of pyridine rings is 1. The average Bonchev–Trinajstić information content (AvgIpc) is 3.23. The third-order valence-corrected chi connectivity index (χ3v) is 5.36. The second-order valence-corrected chi connectivity index (χ2v) is 7.19. The molecule has 0 spiro atoms. The Morgan fingerprint density at radius 2 is 2.08 bits per heavy atom. The maximum absolute atomic E-state index is 12.3. The molecule has 3 rings (SSSR count). The zero-order chi connectivity index (χ0) is 16.9. The number of hydrogen-bond acceptors (Lipinski definition) is 6. The molecule has 1 amide bonds. The average molecular weight is 359 g/mol. The van der Waals surface area contributed by atoms with Crippen LogP contribution in [-0.2, 0) is 18.4 Å². The zero-order valence-electron chi connectivity index (χ0n) is 13.4. The fraction of sp³-hybridized carbons (Fsp3) is 0.250. The molecule has 0 radical (unpaired) electrons. The van der Waals surface area contributed by atoms with Crippen LogP contribution < -0.4 is 0 Å². The van der Waals surface area contributed by atoms with E-state index < -0.39 is 0 Å². The monoisotopic (exact) mass is 359 g/mol. The summed E-state index contributed by atoms with van der Waals surface area (Å²) in [6.07, 6.45) is 3.44. The van der Waals surface area contributed by atoms with Gasteiger partial charge in [-0.05, 0) is 23.6 Å². The second kappa shape index (κ2) is 7.59. The Labute approximate surface area is 148 Å². The van der Waals surface area contributed by atoms with Gasteiger partial charge in [0.05, 0.1) is 12.3 Å². The van der Waals surface area contributed by atoms with Crippen molar-refractivity contribution in [3.05, 3.63) is 46.9 Å². The smallest absolute Gasteiger partial charge is 0.233 e. The molecular formula is C16H17N5OS2. The molecule has 8 heteroatoms. The molecule has 0 aliphatic heterocycles. The number of carbonyl (C=O) groups is 1. The molecule has 0 saturated heterocycles. The van der Waals surface area contributed by atoms with Crippen molar-refractivity contribution in [2.24, 2.45) is 7.05 Å². The predicted octanol–water partition coefficient (Wildman–Crippen LogP) is 2.69. The van der Waals surface area contributed by atoms with Crippen molar-refractivity contribution in [2.75, 3.05) is 12.8 Å². The number of hydrogen-bond donors (Lipinski definition) is 0. The van der Waals surface area contributed by atoms with E-state index in [1.165, 1.54) is 16.6 Å². The molecule has 0 aliphatic carbocycles. The Balaban J connectivity index is 1.61. The van der Waals surface area contributed by atoms with Crippen LogP contribution in [-0.4, -0.2) is 43.4 Å². The van der Waals surface area contributed by atoms with Crippen LogP contribution in [0.25, 0.3) is 11.4 Å². The van der Waals surface area contributed by atoms with E-state index in [0.29, 0.717) is 12.3 Å². The summed E-state index contributed by atoms with van der Waals surface area (Å²) in [7, 11) is 3.72. The van der Waals surface area contributed by atoms with Gasteiger partial charge in [0.2, 0.25) is 5.91 Å². The third-order valence-electron chi connectivity index (χ3n) is 3.50. The lowest BCUT2D eigenvalue weighted by Crippen LogP contribution is -2.27. The Morgan fingerprint density at radius 3 is 2.79 bits per heavy atom. The minimum Gasteiger partial charge on any atom is -0.340 e. The lowest BCUT2D eigenvalue weighted by molar-refractivity contribution is -0.127. The van der Waals surface area contributed by atoms with Gasteiger partial charge in [0, 0.05) is 36.9 Å². The highest BCUT2D eigenvalue weighted by atomic mass is 32.2. The quantitative estimate of drug-likeness (QED) is 0.633. The summed E-state index contributed by atoms with van der Waals surface area (Å²) in [5.74, 6) is 1.17. The van der Waals surface area contributed by atoms with Gasteiger partial charge in [0.25, 0.3) is 0 Å². The van der Waals surface area contributed by atoms with E-state index in [9.17, 15) is 4.79 Å². The van der Waals surface area contributed by atoms with E-state index in [4.69, 9.17) is 0 Å². The summed E-state index contributed by atoms with van der Waals surface area (Å²) < 4.78 is 1.90. The fourth-order valence-corrected chi connectivity index (χ4v) is 3.76. The van der Waals surface area contributed by atoms with Crippen LogP contribution in [0.3, 0.4) is 0 Å². The first kappa shape index (κ1) is 16.7. The molecule has 124 valence electrons. The van der Waals surface area contributed by atoms with E-state index >= 15 is 0 Å². The van der Waals surface area contributed by atoms with Gasteiger partial charge >= 0.3 is 0 Å². The molecule has 0 aromatic carbocycles. The number of rotatable bonds is 6. The van der Waals surface area contributed by atoms with Crippen LogP contribution in [0.5, 0.6) is 0 Å². The third kappa shape index (κ3) is 3.82. The lowest BCUT2D eigenvalue weighted by Gasteiger charge is -2.15. The van der Waals surface area contributed by atoms with Crippen LogP contribution in [0.15, 0.2) is 47.2 Å². The molecular weight excluding hydrogens is 342 g/mol. The topological polar surface area (TPSA) is 63.9 Å². The summed E-state index contributed by atoms with van der Waals surface area (Å²) >= 11 is 3.05. The number of amides is 1. The Kier molecular flexibility index (Phi) is 5.27. The molecule has 0 aliphatic rings. The van der Waals surface area contributed by atoms with Crippen LogP contribution >= 0.6 is 23.1 Å². The highest BCUT2D eigenvalue weighted by Crippen LogP contribution is 2.22. The molecule has 0 bridgehead atoms. The highest BCUT2D eigenvalue weighted by Gasteiger charge is 2.15. The van der Waals surface area contributed by atoms with Crippen molar-refractivity contribution in [2.45, 2.75) is 11.7 Å². The van der Waals surface area contributed by atoms with Crippen molar-refractivity contribution in [1.82, 2.24) is 24.6 Å². The van der Waals surface area contributed by atoms with Gasteiger partial charge in [-0.1, -0.05) is 17.8 Å². The molecule has 0 saturated carbocycles. The maximum Gasteiger partial charge on any atom is 0.233 e. The number of aromatic nitrogens is 4. The number of carbonyl (C=O) groups excluding carboxylic acids is 1. The van der Waals surface area contributed by atoms with Gasteiger partial charge in [0.15, 0.2) is 11.0 Å². The Bertz CT molecular complexity index is 801. The normalized spacial score (nSPS) is 10.8. The first-order valence-electron chi connectivity index (χ1n) is 7.34. The molecule has 0 unspecified atom stereocenters. The zero-order valence-corrected chi connectivity index (χ0v) is 15.0. The molecule has 3 aromatic heterocycles. The van der Waals surface area contributed by atoms with Gasteiger partial charge in [-0.3, -0.25) is 9.78 Å². The first-order valence-corrected chi connectivity index (χ1v) is 9.20. The van der Waals surface area contributed by atoms with E-state index in [2.05, 4.69) is 15.2 Å². The molecule has 6 nitrogen and oxygen atoms in total. The molecule has 3 aromatic rings. The minimum atomic E-state index is 0.0712. The fourth-order valence-electron chi connectivity index (χ4n) is 2.15. The Hall–Kier alpha value is -2.19. The van der Waals surface area contributed by atoms with Gasteiger partial charge in [-0.15, -0.1) is 21.5 Å². The van der Waals surface area contributed by atoms with Gasteiger partial charge < -0.3 is 9.47 Å². The van der Waals surface area contributed by atoms with Crippen molar-refractivity contribution < 1.29 is 4.79 Å². The van der Waals surface area contributed by atoms with E-state index in [0.717, 1.165) is 16.5 Å². The van der Waals surface area contributed by atoms with Crippen molar-refractivity contribution in [1.29, 1.82) is 0 Å². The first-order chi connectivity index (χ1) is 11.6. The SMILES string of the molecule is CN(Cc1cccs1)C(=O)CSc1nnc(-c2ccncc2)n1C. The molecule has 24 heavy (non-hydrogen) atoms. The van der Waals surface area contributed by atoms with Crippen molar-refractivity contribution in [3.63, 3.8) is 0 Å². The molecule has 3 heterocycles. The van der Waals surface area contributed by atoms with Crippen molar-refractivity contribution >= 4 is 29.0 Å². The van der Waals surface area contributed by atoms with Gasteiger partial charge in [-0.2, -0.15) is 0 Å². The van der Waals surface area contributed by atoms with Crippen LogP contribution in [0, 0.1) is 0 Å². The predicted molar refractivity (Wildman–Crippen MR) is 95.8 cm³/mol. The maximum atomic E-state index is 12.3. The van der Waals surface area contributed by atoms with Crippen LogP contribution in [0.4, 0.5) is 0 Å². The summed E-state index contributed by atoms with van der Waals surface area (Å²) in [6, 6.07) is 7.80. The largest absolute Gasteiger partial charge is 0.340 e. The van der Waals surface area contributed by atoms with Gasteiger partial charge in [-0.25, -0.2) is 0 Å². The van der Waals surface area contributed by atoms with E-state index in [1.54, 1.807) is 28.6 Å². The number of thioether (sulfide) groups is 1. The van der Waals surface area contributed by atoms with Crippen LogP contribution in [0.2, 0.25) is 0 Å². The number of nitrogens with zero attached hydrogens (tertiary/aromatic N) is 5. The summed E-state index contributed by atoms with van der Waals surface area (Å²) in [6.45, 7) is 0.637.